The number of ether oxygens (including phenoxy) is 2. The number of hydrogen-bond acceptors (Lipinski definition) is 3. The first kappa shape index (κ1) is 15.4. The van der Waals surface area contributed by atoms with Gasteiger partial charge in [-0.3, -0.25) is 4.79 Å². The zero-order valence-electron chi connectivity index (χ0n) is 9.31. The van der Waals surface area contributed by atoms with Crippen LogP contribution in [0.25, 0.3) is 0 Å². The van der Waals surface area contributed by atoms with Gasteiger partial charge in [0.2, 0.25) is 34.8 Å². The molecule has 8 heteroatoms. The topological polar surface area (TPSA) is 35.5 Å². The second-order valence-electron chi connectivity index (χ2n) is 3.20. The van der Waals surface area contributed by atoms with Crippen LogP contribution in [0.3, 0.4) is 0 Å². The minimum atomic E-state index is -2.33. The first-order valence-corrected chi connectivity index (χ1v) is 4.90. The van der Waals surface area contributed by atoms with Gasteiger partial charge in [0.15, 0.2) is 0 Å². The Balaban J connectivity index is 2.93. The summed E-state index contributed by atoms with van der Waals surface area (Å²) in [6.45, 7) is 4.52. The summed E-state index contributed by atoms with van der Waals surface area (Å²) in [5, 5.41) is 0. The van der Waals surface area contributed by atoms with Crippen LogP contribution in [0, 0.1) is 36.0 Å². The van der Waals surface area contributed by atoms with Gasteiger partial charge in [-0.25, -0.2) is 13.2 Å². The molecule has 2 radical (unpaired) electrons. The Labute approximate surface area is 104 Å². The van der Waals surface area contributed by atoms with Gasteiger partial charge in [-0.05, 0) is 6.92 Å². The van der Waals surface area contributed by atoms with Gasteiger partial charge < -0.3 is 9.47 Å². The van der Waals surface area contributed by atoms with E-state index in [0.717, 1.165) is 0 Å². The Morgan fingerprint density at radius 1 is 0.947 bits per heavy atom. The number of benzene rings is 1. The molecule has 0 aromatic heterocycles. The van der Waals surface area contributed by atoms with Crippen molar-refractivity contribution >= 4 is 5.97 Å². The molecule has 0 aliphatic heterocycles. The van der Waals surface area contributed by atoms with E-state index in [1.165, 1.54) is 0 Å². The second kappa shape index (κ2) is 6.46. The molecular formula is C11H7F5O3. The normalized spacial score (nSPS) is 10.6. The van der Waals surface area contributed by atoms with Crippen LogP contribution in [0.5, 0.6) is 5.75 Å². The highest BCUT2D eigenvalue weighted by Gasteiger charge is 2.28. The molecule has 0 saturated heterocycles. The largest absolute Gasteiger partial charge is 0.420 e. The third kappa shape index (κ3) is 3.40. The Bertz CT molecular complexity index is 461. The highest BCUT2D eigenvalue weighted by atomic mass is 19.2. The fraction of sp³-hybridized carbons (Fsp3) is 0.273. The highest BCUT2D eigenvalue weighted by Crippen LogP contribution is 2.29. The molecule has 0 aliphatic rings. The third-order valence-electron chi connectivity index (χ3n) is 1.95. The van der Waals surface area contributed by atoms with Gasteiger partial charge >= 0.3 is 5.97 Å². The molecule has 19 heavy (non-hydrogen) atoms. The molecule has 104 valence electrons. The zero-order chi connectivity index (χ0) is 14.6. The van der Waals surface area contributed by atoms with Crippen molar-refractivity contribution in [2.75, 3.05) is 13.2 Å². The molecule has 1 aromatic carbocycles. The molecule has 1 aromatic rings. The van der Waals surface area contributed by atoms with Gasteiger partial charge in [0.25, 0.3) is 0 Å². The van der Waals surface area contributed by atoms with E-state index < -0.39 is 47.2 Å². The summed E-state index contributed by atoms with van der Waals surface area (Å²) in [4.78, 5) is 11.1. The average molecular weight is 282 g/mol. The maximum Gasteiger partial charge on any atom is 0.313 e. The van der Waals surface area contributed by atoms with Crippen molar-refractivity contribution < 1.29 is 36.2 Å². The molecule has 0 heterocycles. The summed E-state index contributed by atoms with van der Waals surface area (Å²) in [5.41, 5.74) is 0. The minimum absolute atomic E-state index is 0.199. The smallest absolute Gasteiger partial charge is 0.313 e. The quantitative estimate of drug-likeness (QED) is 0.208. The van der Waals surface area contributed by atoms with Gasteiger partial charge in [-0.2, -0.15) is 8.78 Å². The zero-order valence-corrected chi connectivity index (χ0v) is 9.31. The maximum atomic E-state index is 13.1. The first-order chi connectivity index (χ1) is 8.90. The van der Waals surface area contributed by atoms with Crippen LogP contribution < -0.4 is 4.74 Å². The van der Waals surface area contributed by atoms with Crippen LogP contribution in [-0.2, 0) is 9.53 Å². The van der Waals surface area contributed by atoms with Gasteiger partial charge in [-0.15, -0.1) is 0 Å². The van der Waals surface area contributed by atoms with E-state index in [1.807, 2.05) is 0 Å². The van der Waals surface area contributed by atoms with Crippen molar-refractivity contribution in [3.05, 3.63) is 36.0 Å². The molecule has 0 atom stereocenters. The third-order valence-corrected chi connectivity index (χ3v) is 1.95. The number of hydrogen-bond donors (Lipinski definition) is 0. The maximum absolute atomic E-state index is 13.1. The van der Waals surface area contributed by atoms with Crippen molar-refractivity contribution in [1.82, 2.24) is 0 Å². The summed E-state index contributed by atoms with van der Waals surface area (Å²) in [6, 6.07) is 0. The number of carbonyl (C=O) groups excluding carboxylic acids is 1. The monoisotopic (exact) mass is 282 g/mol. The highest BCUT2D eigenvalue weighted by molar-refractivity contribution is 5.72. The number of halogens is 5. The second-order valence-corrected chi connectivity index (χ2v) is 3.20. The van der Waals surface area contributed by atoms with E-state index in [9.17, 15) is 26.7 Å². The lowest BCUT2D eigenvalue weighted by Gasteiger charge is -2.08. The first-order valence-electron chi connectivity index (χ1n) is 4.90. The van der Waals surface area contributed by atoms with Crippen molar-refractivity contribution in [1.29, 1.82) is 0 Å². The van der Waals surface area contributed by atoms with Gasteiger partial charge in [0, 0.05) is 0 Å². The van der Waals surface area contributed by atoms with E-state index in [0.29, 0.717) is 0 Å². The van der Waals surface area contributed by atoms with Crippen molar-refractivity contribution in [3.8, 4) is 5.75 Å². The van der Waals surface area contributed by atoms with Crippen LogP contribution in [0.1, 0.15) is 6.42 Å². The molecular weight excluding hydrogens is 275 g/mol. The van der Waals surface area contributed by atoms with Crippen LogP contribution in [-0.4, -0.2) is 19.2 Å². The molecule has 0 N–H and O–H groups in total. The van der Waals surface area contributed by atoms with Crippen LogP contribution in [0.15, 0.2) is 0 Å². The molecule has 0 fully saturated rings. The molecule has 0 bridgehead atoms. The van der Waals surface area contributed by atoms with Crippen molar-refractivity contribution in [2.45, 2.75) is 6.42 Å². The lowest BCUT2D eigenvalue weighted by molar-refractivity contribution is -0.135. The molecule has 0 saturated carbocycles. The number of rotatable bonds is 5. The Hall–Kier alpha value is -1.70. The molecule has 0 spiro atoms. The van der Waals surface area contributed by atoms with Gasteiger partial charge in [0.1, 0.15) is 0 Å². The molecule has 0 aliphatic carbocycles. The molecule has 3 nitrogen and oxygen atoms in total. The van der Waals surface area contributed by atoms with E-state index in [4.69, 9.17) is 6.92 Å². The molecule has 1 rings (SSSR count). The van der Waals surface area contributed by atoms with Crippen LogP contribution in [0.2, 0.25) is 0 Å². The van der Waals surface area contributed by atoms with E-state index in [-0.39, 0.29) is 13.2 Å². The SMILES string of the molecule is [CH]COCCC(=O)Oc1c(F)c(F)c(F)c(F)c1F. The number of esters is 1. The summed E-state index contributed by atoms with van der Waals surface area (Å²) in [7, 11) is 0. The summed E-state index contributed by atoms with van der Waals surface area (Å²) in [5.74, 6) is -14.0. The minimum Gasteiger partial charge on any atom is -0.420 e. The lowest BCUT2D eigenvalue weighted by atomic mass is 10.2. The average Bonchev–Trinajstić information content (AvgIpc) is 2.39. The van der Waals surface area contributed by atoms with Crippen LogP contribution >= 0.6 is 0 Å². The number of carbonyl (C=O) groups is 1. The standard InChI is InChI=1S/C11H7F5O3/c1-2-18-4-3-5(17)19-11-9(15)7(13)6(12)8(14)10(11)16/h1H,2-4H2. The van der Waals surface area contributed by atoms with E-state index in [1.54, 1.807) is 0 Å². The van der Waals surface area contributed by atoms with Crippen molar-refractivity contribution in [3.63, 3.8) is 0 Å². The van der Waals surface area contributed by atoms with Crippen LogP contribution in [0.4, 0.5) is 22.0 Å². The van der Waals surface area contributed by atoms with Gasteiger partial charge in [-0.1, -0.05) is 0 Å². The van der Waals surface area contributed by atoms with E-state index >= 15 is 0 Å². The summed E-state index contributed by atoms with van der Waals surface area (Å²) < 4.78 is 73.1. The Morgan fingerprint density at radius 2 is 1.42 bits per heavy atom. The van der Waals surface area contributed by atoms with Crippen molar-refractivity contribution in [2.24, 2.45) is 0 Å². The fourth-order valence-corrected chi connectivity index (χ4v) is 1.08. The van der Waals surface area contributed by atoms with Gasteiger partial charge in [0.05, 0.1) is 19.6 Å². The predicted octanol–water partition coefficient (Wildman–Crippen LogP) is 2.41. The molecule has 0 amide bonds. The summed E-state index contributed by atoms with van der Waals surface area (Å²) in [6.07, 6.45) is -0.462. The molecule has 0 unspecified atom stereocenters. The Morgan fingerprint density at radius 3 is 1.89 bits per heavy atom. The predicted molar refractivity (Wildman–Crippen MR) is 51.6 cm³/mol. The fourth-order valence-electron chi connectivity index (χ4n) is 1.08. The summed E-state index contributed by atoms with van der Waals surface area (Å²) >= 11 is 0. The lowest BCUT2D eigenvalue weighted by Crippen LogP contribution is -2.15. The van der Waals surface area contributed by atoms with E-state index in [2.05, 4.69) is 9.47 Å². The Kier molecular flexibility index (Phi) is 5.22.